The van der Waals surface area contributed by atoms with Crippen LogP contribution in [0.1, 0.15) is 20.3 Å². The van der Waals surface area contributed by atoms with E-state index in [9.17, 15) is 14.4 Å². The highest BCUT2D eigenvalue weighted by Crippen LogP contribution is 2.05. The zero-order valence-corrected chi connectivity index (χ0v) is 9.50. The first-order chi connectivity index (χ1) is 6.43. The number of halogens is 1. The third-order valence-electron chi connectivity index (χ3n) is 1.25. The van der Waals surface area contributed by atoms with Crippen LogP contribution in [0.15, 0.2) is 0 Å². The molecule has 0 bridgehead atoms. The molecular weight excluding hydrogens is 256 g/mol. The van der Waals surface area contributed by atoms with Gasteiger partial charge in [0.15, 0.2) is 6.10 Å². The minimum absolute atomic E-state index is 0.0462. The summed E-state index contributed by atoms with van der Waals surface area (Å²) in [6.45, 7) is 2.51. The fourth-order valence-electron chi connectivity index (χ4n) is 0.729. The van der Waals surface area contributed by atoms with E-state index in [-0.39, 0.29) is 13.0 Å². The lowest BCUT2D eigenvalue weighted by molar-refractivity contribution is -0.152. The Kier molecular flexibility index (Phi) is 6.11. The Balaban J connectivity index is 3.91. The van der Waals surface area contributed by atoms with Crippen molar-refractivity contribution in [1.82, 2.24) is 0 Å². The molecule has 0 saturated heterocycles. The number of ether oxygens (including phenoxy) is 2. The van der Waals surface area contributed by atoms with Gasteiger partial charge in [-0.1, -0.05) is 0 Å². The van der Waals surface area contributed by atoms with E-state index in [1.165, 1.54) is 13.8 Å². The molecule has 0 amide bonds. The van der Waals surface area contributed by atoms with E-state index >= 15 is 0 Å². The van der Waals surface area contributed by atoms with E-state index in [1.54, 1.807) is 0 Å². The van der Waals surface area contributed by atoms with Crippen LogP contribution in [0.25, 0.3) is 0 Å². The van der Waals surface area contributed by atoms with Crippen LogP contribution in [0, 0.1) is 0 Å². The van der Waals surface area contributed by atoms with Gasteiger partial charge < -0.3 is 9.47 Å². The van der Waals surface area contributed by atoms with Crippen LogP contribution in [0.3, 0.4) is 0 Å². The van der Waals surface area contributed by atoms with Crippen molar-refractivity contribution < 1.29 is 23.9 Å². The molecule has 0 aliphatic heterocycles. The van der Waals surface area contributed by atoms with Gasteiger partial charge in [0.2, 0.25) is 4.69 Å². The van der Waals surface area contributed by atoms with Crippen LogP contribution in [0.2, 0.25) is 0 Å². The summed E-state index contributed by atoms with van der Waals surface area (Å²) in [4.78, 5) is 31.8. The lowest BCUT2D eigenvalue weighted by Gasteiger charge is -2.12. The third-order valence-corrected chi connectivity index (χ3v) is 1.76. The van der Waals surface area contributed by atoms with Gasteiger partial charge in [-0.2, -0.15) is 0 Å². The molecule has 0 heterocycles. The molecule has 1 unspecified atom stereocenters. The van der Waals surface area contributed by atoms with Crippen molar-refractivity contribution in [1.29, 1.82) is 0 Å². The Hall–Kier alpha value is -0.910. The molecule has 0 aromatic rings. The summed E-state index contributed by atoms with van der Waals surface area (Å²) < 4.78 is 8.82. The van der Waals surface area contributed by atoms with Crippen LogP contribution in [-0.2, 0) is 23.9 Å². The molecule has 14 heavy (non-hydrogen) atoms. The average Bonchev–Trinajstić information content (AvgIpc) is 2.00. The average molecular weight is 267 g/mol. The Morgan fingerprint density at radius 3 is 2.14 bits per heavy atom. The molecule has 0 aliphatic carbocycles. The maximum Gasteiger partial charge on any atom is 0.303 e. The second kappa shape index (κ2) is 6.53. The first kappa shape index (κ1) is 13.1. The molecule has 0 aromatic heterocycles. The Bertz CT molecular complexity index is 238. The summed E-state index contributed by atoms with van der Waals surface area (Å²) in [7, 11) is 0. The first-order valence-corrected chi connectivity index (χ1v) is 4.72. The number of hydrogen-bond donors (Lipinski definition) is 0. The van der Waals surface area contributed by atoms with Gasteiger partial charge >= 0.3 is 11.9 Å². The normalized spacial score (nSPS) is 11.6. The standard InChI is InChI=1S/C8H11BrO5/c1-5(10)13-4-3-7(8(9)12)14-6(2)11/h7H,3-4H2,1-2H3. The first-order valence-electron chi connectivity index (χ1n) is 3.93. The second-order valence-corrected chi connectivity index (χ2v) is 3.31. The minimum atomic E-state index is -0.896. The van der Waals surface area contributed by atoms with Gasteiger partial charge in [-0.3, -0.25) is 14.4 Å². The van der Waals surface area contributed by atoms with E-state index in [1.807, 2.05) is 0 Å². The van der Waals surface area contributed by atoms with E-state index in [2.05, 4.69) is 25.4 Å². The van der Waals surface area contributed by atoms with Crippen molar-refractivity contribution in [3.05, 3.63) is 0 Å². The summed E-state index contributed by atoms with van der Waals surface area (Å²) >= 11 is 2.68. The highest BCUT2D eigenvalue weighted by molar-refractivity contribution is 9.18. The molecule has 0 rings (SSSR count). The predicted octanol–water partition coefficient (Wildman–Crippen LogP) is 0.793. The molecule has 0 aromatic carbocycles. The van der Waals surface area contributed by atoms with E-state index in [0.717, 1.165) is 0 Å². The van der Waals surface area contributed by atoms with E-state index in [4.69, 9.17) is 0 Å². The molecule has 0 radical (unpaired) electrons. The van der Waals surface area contributed by atoms with Gasteiger partial charge in [-0.25, -0.2) is 0 Å². The molecule has 80 valence electrons. The van der Waals surface area contributed by atoms with Crippen molar-refractivity contribution in [2.45, 2.75) is 26.4 Å². The maximum atomic E-state index is 10.9. The van der Waals surface area contributed by atoms with Gasteiger partial charge in [0, 0.05) is 20.3 Å². The van der Waals surface area contributed by atoms with Gasteiger partial charge in [0.25, 0.3) is 0 Å². The number of hydrogen-bond acceptors (Lipinski definition) is 5. The molecular formula is C8H11BrO5. The molecule has 0 spiro atoms. The van der Waals surface area contributed by atoms with Crippen molar-refractivity contribution in [2.24, 2.45) is 0 Å². The fourth-order valence-corrected chi connectivity index (χ4v) is 1.05. The summed E-state index contributed by atoms with van der Waals surface area (Å²) in [6.07, 6.45) is -0.740. The summed E-state index contributed by atoms with van der Waals surface area (Å²) in [5, 5.41) is 0. The molecule has 0 saturated carbocycles. The Morgan fingerprint density at radius 1 is 1.21 bits per heavy atom. The Labute approximate surface area is 89.9 Å². The Morgan fingerprint density at radius 2 is 1.79 bits per heavy atom. The van der Waals surface area contributed by atoms with E-state index in [0.29, 0.717) is 0 Å². The van der Waals surface area contributed by atoms with Gasteiger partial charge in [-0.15, -0.1) is 0 Å². The van der Waals surface area contributed by atoms with Gasteiger partial charge in [0.1, 0.15) is 0 Å². The monoisotopic (exact) mass is 266 g/mol. The third kappa shape index (κ3) is 6.59. The number of carbonyl (C=O) groups excluding carboxylic acids is 3. The molecule has 0 aliphatic rings. The van der Waals surface area contributed by atoms with Gasteiger partial charge in [-0.05, 0) is 15.9 Å². The molecule has 0 fully saturated rings. The fraction of sp³-hybridized carbons (Fsp3) is 0.625. The van der Waals surface area contributed by atoms with E-state index < -0.39 is 22.7 Å². The van der Waals surface area contributed by atoms with Crippen LogP contribution in [-0.4, -0.2) is 29.3 Å². The van der Waals surface area contributed by atoms with Crippen molar-refractivity contribution in [3.63, 3.8) is 0 Å². The number of esters is 2. The largest absolute Gasteiger partial charge is 0.466 e. The van der Waals surface area contributed by atoms with Crippen LogP contribution < -0.4 is 0 Å². The molecule has 5 nitrogen and oxygen atoms in total. The summed E-state index contributed by atoms with van der Waals surface area (Å²) in [5.74, 6) is -0.987. The number of rotatable bonds is 5. The minimum Gasteiger partial charge on any atom is -0.466 e. The highest BCUT2D eigenvalue weighted by atomic mass is 79.9. The topological polar surface area (TPSA) is 69.7 Å². The molecule has 6 heteroatoms. The van der Waals surface area contributed by atoms with Crippen molar-refractivity contribution in [2.75, 3.05) is 6.61 Å². The lowest BCUT2D eigenvalue weighted by Crippen LogP contribution is -2.24. The van der Waals surface area contributed by atoms with Gasteiger partial charge in [0.05, 0.1) is 6.61 Å². The number of carbonyl (C=O) groups is 3. The second-order valence-electron chi connectivity index (χ2n) is 2.53. The summed E-state index contributed by atoms with van der Waals surface area (Å²) in [6, 6.07) is 0. The molecule has 0 N–H and O–H groups in total. The lowest BCUT2D eigenvalue weighted by atomic mass is 10.3. The maximum absolute atomic E-state index is 10.9. The SMILES string of the molecule is CC(=O)OCCC(OC(C)=O)C(=O)Br. The smallest absolute Gasteiger partial charge is 0.303 e. The van der Waals surface area contributed by atoms with Crippen molar-refractivity contribution >= 4 is 32.6 Å². The zero-order chi connectivity index (χ0) is 11.1. The predicted molar refractivity (Wildman–Crippen MR) is 50.7 cm³/mol. The van der Waals surface area contributed by atoms with Crippen LogP contribution in [0.5, 0.6) is 0 Å². The molecule has 1 atom stereocenters. The highest BCUT2D eigenvalue weighted by Gasteiger charge is 2.18. The van der Waals surface area contributed by atoms with Crippen LogP contribution in [0.4, 0.5) is 0 Å². The quantitative estimate of drug-likeness (QED) is 0.544. The summed E-state index contributed by atoms with van der Waals surface area (Å²) in [5.41, 5.74) is 0. The van der Waals surface area contributed by atoms with Crippen molar-refractivity contribution in [3.8, 4) is 0 Å². The van der Waals surface area contributed by atoms with Crippen LogP contribution >= 0.6 is 15.9 Å². The zero-order valence-electron chi connectivity index (χ0n) is 7.91.